The van der Waals surface area contributed by atoms with E-state index in [9.17, 15) is 9.59 Å². The highest BCUT2D eigenvalue weighted by molar-refractivity contribution is 5.99. The maximum absolute atomic E-state index is 12.4. The number of hydrogen-bond donors (Lipinski definition) is 3. The molecule has 3 amide bonds. The summed E-state index contributed by atoms with van der Waals surface area (Å²) in [6, 6.07) is 9.16. The molecule has 1 aromatic carbocycles. The van der Waals surface area contributed by atoms with Crippen LogP contribution in [-0.2, 0) is 0 Å². The fourth-order valence-electron chi connectivity index (χ4n) is 2.87. The van der Waals surface area contributed by atoms with E-state index < -0.39 is 0 Å². The van der Waals surface area contributed by atoms with E-state index in [4.69, 9.17) is 0 Å². The Morgan fingerprint density at radius 2 is 2.08 bits per heavy atom. The third kappa shape index (κ3) is 3.93. The molecular weight excluding hydrogens is 330 g/mol. The Kier molecular flexibility index (Phi) is 5.36. The highest BCUT2D eigenvalue weighted by Gasteiger charge is 2.23. The van der Waals surface area contributed by atoms with Crippen molar-refractivity contribution in [3.05, 3.63) is 53.2 Å². The van der Waals surface area contributed by atoms with Crippen LogP contribution in [0.5, 0.6) is 0 Å². The SMILES string of the molecule is Cc1ccc(C(=O)NCCNc2ncccc2C)cc1N1CCNC1=O. The number of urea groups is 1. The molecule has 1 fully saturated rings. The van der Waals surface area contributed by atoms with Gasteiger partial charge in [0.05, 0.1) is 0 Å². The zero-order valence-electron chi connectivity index (χ0n) is 15.0. The summed E-state index contributed by atoms with van der Waals surface area (Å²) in [6.07, 6.45) is 1.73. The lowest BCUT2D eigenvalue weighted by molar-refractivity contribution is 0.0955. The number of aryl methyl sites for hydroxylation is 2. The zero-order valence-corrected chi connectivity index (χ0v) is 15.0. The van der Waals surface area contributed by atoms with Crippen LogP contribution < -0.4 is 20.9 Å². The van der Waals surface area contributed by atoms with Crippen molar-refractivity contribution in [3.8, 4) is 0 Å². The first-order valence-electron chi connectivity index (χ1n) is 8.66. The molecule has 2 heterocycles. The number of rotatable bonds is 6. The predicted molar refractivity (Wildman–Crippen MR) is 102 cm³/mol. The van der Waals surface area contributed by atoms with E-state index in [1.165, 1.54) is 0 Å². The summed E-state index contributed by atoms with van der Waals surface area (Å²) in [6.45, 7) is 6.20. The number of carbonyl (C=O) groups is 2. The minimum atomic E-state index is -0.162. The van der Waals surface area contributed by atoms with Gasteiger partial charge in [-0.25, -0.2) is 9.78 Å². The maximum atomic E-state index is 12.4. The number of benzene rings is 1. The molecule has 2 aromatic rings. The summed E-state index contributed by atoms with van der Waals surface area (Å²) < 4.78 is 0. The van der Waals surface area contributed by atoms with E-state index in [0.29, 0.717) is 31.7 Å². The predicted octanol–water partition coefficient (Wildman–Crippen LogP) is 2.07. The van der Waals surface area contributed by atoms with Gasteiger partial charge in [-0.2, -0.15) is 0 Å². The Balaban J connectivity index is 1.58. The first-order valence-corrected chi connectivity index (χ1v) is 8.66. The monoisotopic (exact) mass is 353 g/mol. The second-order valence-corrected chi connectivity index (χ2v) is 6.24. The third-order valence-electron chi connectivity index (χ3n) is 4.33. The van der Waals surface area contributed by atoms with E-state index in [1.54, 1.807) is 23.2 Å². The molecule has 3 N–H and O–H groups in total. The first kappa shape index (κ1) is 17.7. The second kappa shape index (κ2) is 7.86. The van der Waals surface area contributed by atoms with Crippen molar-refractivity contribution in [2.24, 2.45) is 0 Å². The molecule has 0 unspecified atom stereocenters. The zero-order chi connectivity index (χ0) is 18.5. The maximum Gasteiger partial charge on any atom is 0.322 e. The molecule has 7 heteroatoms. The quantitative estimate of drug-likeness (QED) is 0.694. The van der Waals surface area contributed by atoms with Crippen molar-refractivity contribution in [3.63, 3.8) is 0 Å². The van der Waals surface area contributed by atoms with Crippen molar-refractivity contribution in [1.29, 1.82) is 0 Å². The van der Waals surface area contributed by atoms with Crippen molar-refractivity contribution in [2.75, 3.05) is 36.4 Å². The van der Waals surface area contributed by atoms with Gasteiger partial charge in [-0.3, -0.25) is 9.69 Å². The van der Waals surface area contributed by atoms with Gasteiger partial charge in [0.2, 0.25) is 0 Å². The minimum absolute atomic E-state index is 0.124. The normalized spacial score (nSPS) is 13.5. The number of pyridine rings is 1. The third-order valence-corrected chi connectivity index (χ3v) is 4.33. The van der Waals surface area contributed by atoms with Crippen LogP contribution in [0, 0.1) is 13.8 Å². The van der Waals surface area contributed by atoms with Gasteiger partial charge in [-0.05, 0) is 43.2 Å². The Hall–Kier alpha value is -3.09. The van der Waals surface area contributed by atoms with Gasteiger partial charge in [-0.1, -0.05) is 12.1 Å². The molecule has 3 rings (SSSR count). The summed E-state index contributed by atoms with van der Waals surface area (Å²) in [7, 11) is 0. The summed E-state index contributed by atoms with van der Waals surface area (Å²) >= 11 is 0. The van der Waals surface area contributed by atoms with Gasteiger partial charge < -0.3 is 16.0 Å². The molecule has 7 nitrogen and oxygen atoms in total. The molecule has 0 radical (unpaired) electrons. The smallest absolute Gasteiger partial charge is 0.322 e. The van der Waals surface area contributed by atoms with Crippen molar-refractivity contribution in [1.82, 2.24) is 15.6 Å². The summed E-state index contributed by atoms with van der Waals surface area (Å²) in [5.74, 6) is 0.657. The van der Waals surface area contributed by atoms with E-state index in [0.717, 1.165) is 22.6 Å². The molecule has 0 spiro atoms. The van der Waals surface area contributed by atoms with E-state index in [2.05, 4.69) is 20.9 Å². The molecule has 136 valence electrons. The average molecular weight is 353 g/mol. The number of nitrogens with one attached hydrogen (secondary N) is 3. The van der Waals surface area contributed by atoms with Crippen LogP contribution in [0.15, 0.2) is 36.5 Å². The second-order valence-electron chi connectivity index (χ2n) is 6.24. The lowest BCUT2D eigenvalue weighted by atomic mass is 10.1. The standard InChI is InChI=1S/C19H23N5O2/c1-13-5-6-15(12-16(13)24-11-10-23-19(24)26)18(25)22-9-8-21-17-14(2)4-3-7-20-17/h3-7,12H,8-11H2,1-2H3,(H,20,21)(H,22,25)(H,23,26). The van der Waals surface area contributed by atoms with Gasteiger partial charge in [0.25, 0.3) is 5.91 Å². The number of anilines is 2. The van der Waals surface area contributed by atoms with Crippen LogP contribution in [0.1, 0.15) is 21.5 Å². The van der Waals surface area contributed by atoms with Crippen LogP contribution in [0.2, 0.25) is 0 Å². The topological polar surface area (TPSA) is 86.4 Å². The van der Waals surface area contributed by atoms with E-state index in [1.807, 2.05) is 32.0 Å². The fourth-order valence-corrected chi connectivity index (χ4v) is 2.87. The highest BCUT2D eigenvalue weighted by atomic mass is 16.2. The van der Waals surface area contributed by atoms with E-state index >= 15 is 0 Å². The van der Waals surface area contributed by atoms with Crippen LogP contribution in [0.25, 0.3) is 0 Å². The Morgan fingerprint density at radius 3 is 2.81 bits per heavy atom. The molecule has 1 aliphatic rings. The fraction of sp³-hybridized carbons (Fsp3) is 0.316. The van der Waals surface area contributed by atoms with E-state index in [-0.39, 0.29) is 11.9 Å². The van der Waals surface area contributed by atoms with Crippen LogP contribution in [0.3, 0.4) is 0 Å². The first-order chi connectivity index (χ1) is 12.6. The lowest BCUT2D eigenvalue weighted by Gasteiger charge is -2.18. The summed E-state index contributed by atoms with van der Waals surface area (Å²) in [5, 5.41) is 8.87. The molecule has 0 bridgehead atoms. The molecule has 1 saturated heterocycles. The Labute approximate surface area is 152 Å². The number of carbonyl (C=O) groups excluding carboxylic acids is 2. The number of hydrogen-bond acceptors (Lipinski definition) is 4. The lowest BCUT2D eigenvalue weighted by Crippen LogP contribution is -2.30. The highest BCUT2D eigenvalue weighted by Crippen LogP contribution is 2.23. The van der Waals surface area contributed by atoms with Gasteiger partial charge in [0, 0.05) is 43.6 Å². The van der Waals surface area contributed by atoms with Gasteiger partial charge in [0.15, 0.2) is 0 Å². The molecule has 1 aromatic heterocycles. The molecular formula is C19H23N5O2. The van der Waals surface area contributed by atoms with Gasteiger partial charge in [0.1, 0.15) is 5.82 Å². The minimum Gasteiger partial charge on any atom is -0.368 e. The molecule has 26 heavy (non-hydrogen) atoms. The summed E-state index contributed by atoms with van der Waals surface area (Å²) in [5.41, 5.74) is 3.34. The number of aromatic nitrogens is 1. The van der Waals surface area contributed by atoms with Crippen LogP contribution >= 0.6 is 0 Å². The molecule has 0 aliphatic carbocycles. The van der Waals surface area contributed by atoms with Crippen molar-refractivity contribution >= 4 is 23.4 Å². The Bertz CT molecular complexity index is 821. The van der Waals surface area contributed by atoms with Crippen LogP contribution in [0.4, 0.5) is 16.3 Å². The largest absolute Gasteiger partial charge is 0.368 e. The molecule has 1 aliphatic heterocycles. The average Bonchev–Trinajstić information content (AvgIpc) is 3.06. The van der Waals surface area contributed by atoms with Gasteiger partial charge in [-0.15, -0.1) is 0 Å². The number of amides is 3. The van der Waals surface area contributed by atoms with Crippen molar-refractivity contribution < 1.29 is 9.59 Å². The van der Waals surface area contributed by atoms with Gasteiger partial charge >= 0.3 is 6.03 Å². The molecule has 0 saturated carbocycles. The van der Waals surface area contributed by atoms with Crippen LogP contribution in [-0.4, -0.2) is 43.1 Å². The Morgan fingerprint density at radius 1 is 1.23 bits per heavy atom. The summed E-state index contributed by atoms with van der Waals surface area (Å²) in [4.78, 5) is 30.2. The molecule has 0 atom stereocenters. The van der Waals surface area contributed by atoms with Crippen molar-refractivity contribution in [2.45, 2.75) is 13.8 Å². The number of nitrogens with zero attached hydrogens (tertiary/aromatic N) is 2.